The summed E-state index contributed by atoms with van der Waals surface area (Å²) < 4.78 is 67.8. The van der Waals surface area contributed by atoms with Crippen LogP contribution in [0.5, 0.6) is 0 Å². The van der Waals surface area contributed by atoms with E-state index in [4.69, 9.17) is 5.11 Å². The Labute approximate surface area is 188 Å². The number of piperidine rings is 1. The van der Waals surface area contributed by atoms with E-state index < -0.39 is 27.7 Å². The van der Waals surface area contributed by atoms with E-state index >= 15 is 0 Å². The normalized spacial score (nSPS) is 16.4. The molecule has 0 bridgehead atoms. The van der Waals surface area contributed by atoms with E-state index in [1.54, 1.807) is 0 Å². The van der Waals surface area contributed by atoms with Crippen molar-refractivity contribution < 1.29 is 31.5 Å². The molecule has 0 saturated carbocycles. The van der Waals surface area contributed by atoms with Gasteiger partial charge in [-0.25, -0.2) is 17.2 Å². The minimum atomic E-state index is -4.58. The maximum Gasteiger partial charge on any atom is 0.417 e. The fourth-order valence-electron chi connectivity index (χ4n) is 4.32. The Hall–Kier alpha value is -2.92. The highest BCUT2D eigenvalue weighted by molar-refractivity contribution is 7.88. The van der Waals surface area contributed by atoms with Crippen LogP contribution in [-0.2, 0) is 27.4 Å². The van der Waals surface area contributed by atoms with Crippen molar-refractivity contribution in [2.24, 2.45) is 0 Å². The molecule has 1 aliphatic heterocycles. The number of carbonyl (C=O) groups is 1. The molecule has 1 fully saturated rings. The van der Waals surface area contributed by atoms with Crippen molar-refractivity contribution in [3.63, 3.8) is 0 Å². The van der Waals surface area contributed by atoms with Gasteiger partial charge in [0.2, 0.25) is 10.0 Å². The van der Waals surface area contributed by atoms with Gasteiger partial charge in [0.05, 0.1) is 30.0 Å². The molecule has 3 aromatic rings. The van der Waals surface area contributed by atoms with Crippen LogP contribution in [0.4, 0.5) is 13.2 Å². The van der Waals surface area contributed by atoms with E-state index in [2.05, 4.69) is 5.10 Å². The Morgan fingerprint density at radius 3 is 2.48 bits per heavy atom. The monoisotopic (exact) mass is 481 g/mol. The quantitative estimate of drug-likeness (QED) is 0.599. The number of aromatic nitrogens is 2. The van der Waals surface area contributed by atoms with Crippen molar-refractivity contribution >= 4 is 21.5 Å². The third kappa shape index (κ3) is 4.88. The number of fused-ring (bicyclic) bond motifs is 1. The highest BCUT2D eigenvalue weighted by Gasteiger charge is 2.35. The molecule has 0 atom stereocenters. The molecule has 1 N–H and O–H groups in total. The standard InChI is InChI=1S/C22H22F3N3O4S/c1-33(31,32)27-7-4-14(5-8-27)15-2-3-19(22(23,24)25)18(10-15)16-6-9-28-20(11-16)17(13-26-28)12-21(29)30/h2-3,6,9-11,13-14H,4-5,7-8,12H2,1H3,(H,29,30). The zero-order valence-corrected chi connectivity index (χ0v) is 18.5. The molecule has 3 heterocycles. The molecule has 0 amide bonds. The van der Waals surface area contributed by atoms with Crippen LogP contribution in [0.25, 0.3) is 16.6 Å². The number of hydrogen-bond donors (Lipinski definition) is 1. The summed E-state index contributed by atoms with van der Waals surface area (Å²) in [7, 11) is -3.30. The molecule has 1 aromatic carbocycles. The fourth-order valence-corrected chi connectivity index (χ4v) is 5.19. The third-order valence-electron chi connectivity index (χ3n) is 6.00. The summed E-state index contributed by atoms with van der Waals surface area (Å²) in [6.07, 6.45) is 0.207. The number of aliphatic carboxylic acids is 1. The number of carboxylic acids is 1. The Morgan fingerprint density at radius 1 is 1.18 bits per heavy atom. The highest BCUT2D eigenvalue weighted by atomic mass is 32.2. The van der Waals surface area contributed by atoms with Gasteiger partial charge in [0.25, 0.3) is 0 Å². The average Bonchev–Trinajstić information content (AvgIpc) is 3.13. The largest absolute Gasteiger partial charge is 0.481 e. The number of hydrogen-bond acceptors (Lipinski definition) is 4. The molecule has 4 rings (SSSR count). The smallest absolute Gasteiger partial charge is 0.417 e. The minimum Gasteiger partial charge on any atom is -0.481 e. The second-order valence-corrected chi connectivity index (χ2v) is 10.2. The number of carboxylic acid groups (broad SMARTS) is 1. The fraction of sp³-hybridized carbons (Fsp3) is 0.364. The van der Waals surface area contributed by atoms with Crippen LogP contribution in [0.2, 0.25) is 0 Å². The predicted molar refractivity (Wildman–Crippen MR) is 115 cm³/mol. The summed E-state index contributed by atoms with van der Waals surface area (Å²) in [6, 6.07) is 7.08. The Bertz CT molecular complexity index is 1310. The summed E-state index contributed by atoms with van der Waals surface area (Å²) in [5, 5.41) is 13.2. The zero-order valence-electron chi connectivity index (χ0n) is 17.7. The molecule has 1 aliphatic rings. The van der Waals surface area contributed by atoms with Crippen LogP contribution in [0.3, 0.4) is 0 Å². The van der Waals surface area contributed by atoms with E-state index in [0.29, 0.717) is 48.1 Å². The maximum atomic E-state index is 13.8. The first-order valence-corrected chi connectivity index (χ1v) is 12.1. The van der Waals surface area contributed by atoms with E-state index in [9.17, 15) is 26.4 Å². The number of alkyl halides is 3. The van der Waals surface area contributed by atoms with Crippen molar-refractivity contribution in [1.29, 1.82) is 0 Å². The van der Waals surface area contributed by atoms with Gasteiger partial charge in [-0.2, -0.15) is 18.3 Å². The summed E-state index contributed by atoms with van der Waals surface area (Å²) in [5.41, 5.74) is 1.05. The van der Waals surface area contributed by atoms with Gasteiger partial charge >= 0.3 is 12.1 Å². The predicted octanol–water partition coefficient (Wildman–Crippen LogP) is 3.79. The van der Waals surface area contributed by atoms with Crippen molar-refractivity contribution in [3.05, 3.63) is 59.4 Å². The summed E-state index contributed by atoms with van der Waals surface area (Å²) >= 11 is 0. The lowest BCUT2D eigenvalue weighted by Gasteiger charge is -2.31. The Balaban J connectivity index is 1.75. The minimum absolute atomic E-state index is 0.00415. The molecule has 0 spiro atoms. The Kier molecular flexibility index (Phi) is 5.95. The first-order valence-electron chi connectivity index (χ1n) is 10.3. The highest BCUT2D eigenvalue weighted by Crippen LogP contribution is 2.40. The lowest BCUT2D eigenvalue weighted by atomic mass is 9.86. The maximum absolute atomic E-state index is 13.8. The number of halogens is 3. The molecule has 0 radical (unpaired) electrons. The van der Waals surface area contributed by atoms with Gasteiger partial charge in [0.15, 0.2) is 0 Å². The van der Waals surface area contributed by atoms with Gasteiger partial charge in [-0.3, -0.25) is 4.79 Å². The molecular weight excluding hydrogens is 459 g/mol. The van der Waals surface area contributed by atoms with Gasteiger partial charge in [0, 0.05) is 24.8 Å². The molecule has 0 unspecified atom stereocenters. The number of benzene rings is 1. The number of sulfonamides is 1. The van der Waals surface area contributed by atoms with Crippen molar-refractivity contribution in [2.45, 2.75) is 31.4 Å². The van der Waals surface area contributed by atoms with Gasteiger partial charge < -0.3 is 5.11 Å². The number of rotatable bonds is 5. The van der Waals surface area contributed by atoms with Crippen molar-refractivity contribution in [3.8, 4) is 11.1 Å². The van der Waals surface area contributed by atoms with E-state index in [1.165, 1.54) is 45.5 Å². The van der Waals surface area contributed by atoms with Crippen LogP contribution in [0.15, 0.2) is 42.7 Å². The van der Waals surface area contributed by atoms with Crippen LogP contribution in [-0.4, -0.2) is 52.8 Å². The molecule has 0 aliphatic carbocycles. The molecule has 2 aromatic heterocycles. The van der Waals surface area contributed by atoms with Crippen molar-refractivity contribution in [1.82, 2.24) is 13.9 Å². The van der Waals surface area contributed by atoms with Crippen LogP contribution >= 0.6 is 0 Å². The van der Waals surface area contributed by atoms with Crippen LogP contribution in [0, 0.1) is 0 Å². The second kappa shape index (κ2) is 8.45. The van der Waals surface area contributed by atoms with E-state index in [0.717, 1.165) is 12.3 Å². The molecule has 1 saturated heterocycles. The lowest BCUT2D eigenvalue weighted by molar-refractivity contribution is -0.137. The molecule has 176 valence electrons. The SMILES string of the molecule is CS(=O)(=O)N1CCC(c2ccc(C(F)(F)F)c(-c3ccn4ncc(CC(=O)O)c4c3)c2)CC1. The first kappa shape index (κ1) is 23.2. The molecule has 11 heteroatoms. The zero-order chi connectivity index (χ0) is 24.0. The van der Waals surface area contributed by atoms with Gasteiger partial charge in [-0.15, -0.1) is 0 Å². The molecular formula is C22H22F3N3O4S. The summed E-state index contributed by atoms with van der Waals surface area (Å²) in [5.74, 6) is -1.13. The number of pyridine rings is 1. The topological polar surface area (TPSA) is 92.0 Å². The second-order valence-electron chi connectivity index (χ2n) is 8.22. The first-order chi connectivity index (χ1) is 15.4. The van der Waals surface area contributed by atoms with Gasteiger partial charge in [0.1, 0.15) is 0 Å². The van der Waals surface area contributed by atoms with E-state index in [-0.39, 0.29) is 17.9 Å². The van der Waals surface area contributed by atoms with Crippen LogP contribution < -0.4 is 0 Å². The van der Waals surface area contributed by atoms with Gasteiger partial charge in [-0.1, -0.05) is 12.1 Å². The Morgan fingerprint density at radius 2 is 1.88 bits per heavy atom. The number of nitrogens with zero attached hydrogens (tertiary/aromatic N) is 3. The summed E-state index contributed by atoms with van der Waals surface area (Å²) in [4.78, 5) is 11.1. The van der Waals surface area contributed by atoms with Crippen molar-refractivity contribution in [2.75, 3.05) is 19.3 Å². The van der Waals surface area contributed by atoms with E-state index in [1.807, 2.05) is 0 Å². The van der Waals surface area contributed by atoms with Gasteiger partial charge in [-0.05, 0) is 53.6 Å². The average molecular weight is 481 g/mol. The van der Waals surface area contributed by atoms with Crippen LogP contribution in [0.1, 0.15) is 35.4 Å². The molecule has 33 heavy (non-hydrogen) atoms. The third-order valence-corrected chi connectivity index (χ3v) is 7.30. The lowest BCUT2D eigenvalue weighted by Crippen LogP contribution is -2.37. The molecule has 7 nitrogen and oxygen atoms in total. The summed E-state index contributed by atoms with van der Waals surface area (Å²) in [6.45, 7) is 0.639.